The van der Waals surface area contributed by atoms with Gasteiger partial charge in [-0.2, -0.15) is 0 Å². The first-order chi connectivity index (χ1) is 0. The van der Waals surface area contributed by atoms with Crippen molar-refractivity contribution < 1.29 is 40.5 Å². The van der Waals surface area contributed by atoms with Gasteiger partial charge in [-0.15, -0.1) is 0 Å². The molecule has 0 amide bonds. The molecule has 0 saturated heterocycles. The van der Waals surface area contributed by atoms with Gasteiger partial charge in [-0.1, -0.05) is 0 Å². The van der Waals surface area contributed by atoms with E-state index in [2.05, 4.69) is 0 Å². The smallest absolute Gasteiger partial charge is 0 e. The van der Waals surface area contributed by atoms with Gasteiger partial charge in [-0.3, -0.25) is 0 Å². The Labute approximate surface area is 107 Å². The summed E-state index contributed by atoms with van der Waals surface area (Å²) in [6.07, 6.45) is 0. The van der Waals surface area contributed by atoms with E-state index >= 15 is 0 Å². The van der Waals surface area contributed by atoms with Crippen LogP contribution in [0.2, 0.25) is 0 Å². The summed E-state index contributed by atoms with van der Waals surface area (Å²) in [7, 11) is 0. The number of hydrogen-bond acceptors (Lipinski definition) is 0. The fourth-order valence-corrected chi connectivity index (χ4v) is 0. The third kappa shape index (κ3) is 18.7. The Balaban J connectivity index is 0. The molecule has 0 aliphatic heterocycles. The molecule has 0 aliphatic rings. The largest absolute Gasteiger partial charge is 0.316 e. The monoisotopic (exact) mass is 244 g/mol. The molecule has 0 heterocycles. The van der Waals surface area contributed by atoms with Crippen LogP contribution < -0.4 is 0 Å². The van der Waals surface area contributed by atoms with E-state index in [-0.39, 0.29) is 110 Å². The zero-order chi connectivity index (χ0) is 0. The topological polar surface area (TPSA) is 0 Å². The molecule has 5 heavy (non-hydrogen) atoms. The van der Waals surface area contributed by atoms with E-state index in [0.29, 0.717) is 0 Å². The molecule has 0 N–H and O–H groups in total. The van der Waals surface area contributed by atoms with E-state index < -0.39 is 0 Å². The molecule has 0 aromatic heterocycles. The average Bonchev–Trinajstić information content (AvgIpc) is 0. The van der Waals surface area contributed by atoms with Crippen molar-refractivity contribution in [3.05, 3.63) is 0 Å². The summed E-state index contributed by atoms with van der Waals surface area (Å²) in [5.74, 6) is 0. The first-order valence-corrected chi connectivity index (χ1v) is 0. The van der Waals surface area contributed by atoms with Crippen LogP contribution in [0.3, 0.4) is 0 Å². The van der Waals surface area contributed by atoms with Gasteiger partial charge in [0.25, 0.3) is 0 Å². The van der Waals surface area contributed by atoms with Gasteiger partial charge in [-0.05, 0) is 0 Å². The van der Waals surface area contributed by atoms with Crippen molar-refractivity contribution in [2.24, 2.45) is 0 Å². The van der Waals surface area contributed by atoms with Crippen LogP contribution in [0.25, 0.3) is 0 Å². The fraction of sp³-hybridized carbons (Fsp3) is 0. The number of hydrogen-bond donors (Lipinski definition) is 0. The minimum absolute atomic E-state index is 0. The summed E-state index contributed by atoms with van der Waals surface area (Å²) in [6.45, 7) is 0. The second-order valence-electron chi connectivity index (χ2n) is 0. The van der Waals surface area contributed by atoms with E-state index in [1.807, 2.05) is 0 Å². The molecule has 0 spiro atoms. The van der Waals surface area contributed by atoms with Crippen LogP contribution in [0, 0.1) is 0 Å². The molecule has 5 heteroatoms. The van der Waals surface area contributed by atoms with Gasteiger partial charge >= 0.3 is 60.8 Å². The second-order valence-corrected chi connectivity index (χ2v) is 0. The van der Waals surface area contributed by atoms with Gasteiger partial charge in [0.15, 0.2) is 0 Å². The molecule has 22 valence electrons. The van der Waals surface area contributed by atoms with Gasteiger partial charge in [0.05, 0.1) is 8.41 Å². The predicted octanol–water partition coefficient (Wildman–Crippen LogP) is -3.02. The van der Waals surface area contributed by atoms with Crippen LogP contribution in [-0.2, 0) is 40.5 Å². The molecule has 0 unspecified atom stereocenters. The predicted molar refractivity (Wildman–Crippen MR) is 27.0 cm³/mol. The third-order valence-electron chi connectivity index (χ3n) is 0. The van der Waals surface area contributed by atoms with Crippen LogP contribution in [0.5, 0.6) is 0 Å². The van der Waals surface area contributed by atoms with Gasteiger partial charge in [0.1, 0.15) is 0 Å². The number of rotatable bonds is 0. The van der Waals surface area contributed by atoms with Gasteiger partial charge in [-0.25, -0.2) is 0 Å². The molecule has 0 atom stereocenters. The van der Waals surface area contributed by atoms with Crippen molar-refractivity contribution in [2.75, 3.05) is 0 Å². The van der Waals surface area contributed by atoms with E-state index in [0.717, 1.165) is 0 Å². The van der Waals surface area contributed by atoms with Crippen molar-refractivity contribution in [1.82, 2.24) is 0 Å². The Morgan fingerprint density at radius 3 is 1.00 bits per heavy atom. The van der Waals surface area contributed by atoms with Crippen LogP contribution >= 0.6 is 0 Å². The summed E-state index contributed by atoms with van der Waals surface area (Å²) >= 11 is 0. The van der Waals surface area contributed by atoms with Crippen LogP contribution in [0.4, 0.5) is 0 Å². The fourth-order valence-electron chi connectivity index (χ4n) is 0. The van der Waals surface area contributed by atoms with E-state index in [1.54, 1.807) is 0 Å². The minimum Gasteiger partial charge on any atom is 0 e. The normalized spacial score (nSPS) is 0. The molecular formula is H7BCaMgMoZn. The average molecular weight is 244 g/mol. The minimum atomic E-state index is 0. The molecule has 0 aliphatic carbocycles. The molecule has 0 fully saturated rings. The second kappa shape index (κ2) is 26.2. The molecule has 0 aromatic carbocycles. The molecule has 0 saturated carbocycles. The maximum Gasteiger partial charge on any atom is 0.316 e. The van der Waals surface area contributed by atoms with Gasteiger partial charge in [0, 0.05) is 40.5 Å². The molecular weight excluding hydrogens is 237 g/mol. The Morgan fingerprint density at radius 2 is 1.00 bits per heavy atom. The molecule has 0 bridgehead atoms. The molecule has 0 rings (SSSR count). The third-order valence-corrected chi connectivity index (χ3v) is 0. The Hall–Kier alpha value is 3.40. The van der Waals surface area contributed by atoms with Crippen LogP contribution in [0.1, 0.15) is 0 Å². The van der Waals surface area contributed by atoms with Crippen molar-refractivity contribution in [3.8, 4) is 0 Å². The van der Waals surface area contributed by atoms with Crippen LogP contribution in [-0.4, -0.2) is 69.2 Å². The quantitative estimate of drug-likeness (QED) is 0.398. The Kier molecular flexibility index (Phi) is 208. The van der Waals surface area contributed by atoms with Gasteiger partial charge in [0.2, 0.25) is 0 Å². The summed E-state index contributed by atoms with van der Waals surface area (Å²) in [5, 5.41) is 0. The van der Waals surface area contributed by atoms with Gasteiger partial charge < -0.3 is 0 Å². The van der Waals surface area contributed by atoms with Crippen LogP contribution in [0.15, 0.2) is 0 Å². The van der Waals surface area contributed by atoms with Crippen molar-refractivity contribution >= 4 is 69.2 Å². The Bertz CT molecular complexity index is 11.6. The molecule has 0 nitrogen and oxygen atoms in total. The van der Waals surface area contributed by atoms with E-state index in [9.17, 15) is 0 Å². The van der Waals surface area contributed by atoms with E-state index in [4.69, 9.17) is 0 Å². The van der Waals surface area contributed by atoms with Crippen molar-refractivity contribution in [2.45, 2.75) is 0 Å². The Morgan fingerprint density at radius 1 is 1.00 bits per heavy atom. The van der Waals surface area contributed by atoms with Crippen molar-refractivity contribution in [3.63, 3.8) is 0 Å². The summed E-state index contributed by atoms with van der Waals surface area (Å²) in [4.78, 5) is 0. The first-order valence-electron chi connectivity index (χ1n) is 0. The zero-order valence-corrected chi connectivity index (χ0v) is 6.09. The SMILES string of the molecule is B.[CaH2].[MgH2].[Mo].[Zn]. The maximum absolute atomic E-state index is 0. The summed E-state index contributed by atoms with van der Waals surface area (Å²) in [6, 6.07) is 0. The van der Waals surface area contributed by atoms with E-state index in [1.165, 1.54) is 0 Å². The summed E-state index contributed by atoms with van der Waals surface area (Å²) in [5.41, 5.74) is 0. The maximum atomic E-state index is 0. The molecule has 0 aromatic rings. The summed E-state index contributed by atoms with van der Waals surface area (Å²) < 4.78 is 0. The zero-order valence-electron chi connectivity index (χ0n) is 1.12. The molecule has 0 radical (unpaired) electrons. The standard InChI is InChI=1S/BH3.Ca.Mg.Mo.Zn.4H/h1H3;;;;;;;;. The first kappa shape index (κ1) is 39.8. The van der Waals surface area contributed by atoms with Crippen molar-refractivity contribution in [1.29, 1.82) is 0 Å².